The molecule has 0 saturated heterocycles. The Morgan fingerprint density at radius 3 is 2.58 bits per heavy atom. The lowest BCUT2D eigenvalue weighted by Crippen LogP contribution is -2.28. The quantitative estimate of drug-likeness (QED) is 0.871. The van der Waals surface area contributed by atoms with Crippen molar-refractivity contribution < 1.29 is 5.11 Å². The molecule has 3 N–H and O–H groups in total. The molecule has 0 aromatic heterocycles. The molecule has 106 valence electrons. The monoisotopic (exact) mass is 261 g/mol. The molecule has 0 heterocycles. The van der Waals surface area contributed by atoms with Crippen LogP contribution in [-0.2, 0) is 5.41 Å². The molecule has 2 heteroatoms. The third kappa shape index (κ3) is 3.37. The van der Waals surface area contributed by atoms with Crippen molar-refractivity contribution in [2.45, 2.75) is 57.5 Å². The van der Waals surface area contributed by atoms with E-state index >= 15 is 0 Å². The molecule has 2 nitrogen and oxygen atoms in total. The van der Waals surface area contributed by atoms with Gasteiger partial charge < -0.3 is 10.8 Å². The van der Waals surface area contributed by atoms with Gasteiger partial charge in [-0.15, -0.1) is 0 Å². The Morgan fingerprint density at radius 2 is 1.95 bits per heavy atom. The standard InChI is InChI=1S/C17H27NO/c1-17(2,12-18)15-10-6-9-14(11-15)16(19)13-7-4-3-5-8-13/h6,9-11,13,16,19H,3-5,7-8,12,18H2,1-2H3. The minimum absolute atomic E-state index is 0.0255. The van der Waals surface area contributed by atoms with E-state index in [0.29, 0.717) is 12.5 Å². The van der Waals surface area contributed by atoms with Crippen LogP contribution in [0.4, 0.5) is 0 Å². The Morgan fingerprint density at radius 1 is 1.26 bits per heavy atom. The number of hydrogen-bond donors (Lipinski definition) is 2. The molecule has 0 aliphatic heterocycles. The second kappa shape index (κ2) is 6.06. The zero-order valence-electron chi connectivity index (χ0n) is 12.2. The van der Waals surface area contributed by atoms with Crippen molar-refractivity contribution in [3.8, 4) is 0 Å². The first kappa shape index (κ1) is 14.5. The normalized spacial score (nSPS) is 19.4. The van der Waals surface area contributed by atoms with Crippen LogP contribution in [0, 0.1) is 5.92 Å². The maximum Gasteiger partial charge on any atom is 0.0818 e. The fraction of sp³-hybridized carbons (Fsp3) is 0.647. The Bertz CT molecular complexity index is 407. The maximum atomic E-state index is 10.6. The van der Waals surface area contributed by atoms with Gasteiger partial charge in [0.05, 0.1) is 6.10 Å². The summed E-state index contributed by atoms with van der Waals surface area (Å²) in [4.78, 5) is 0. The second-order valence-electron chi connectivity index (χ2n) is 6.56. The molecule has 1 atom stereocenters. The lowest BCUT2D eigenvalue weighted by molar-refractivity contribution is 0.0847. The van der Waals surface area contributed by atoms with Crippen LogP contribution >= 0.6 is 0 Å². The third-order valence-corrected chi connectivity index (χ3v) is 4.62. The molecule has 0 radical (unpaired) electrons. The van der Waals surface area contributed by atoms with E-state index in [1.807, 2.05) is 6.07 Å². The van der Waals surface area contributed by atoms with Crippen LogP contribution in [-0.4, -0.2) is 11.7 Å². The van der Waals surface area contributed by atoms with Crippen molar-refractivity contribution in [3.63, 3.8) is 0 Å². The Labute approximate surface area is 117 Å². The van der Waals surface area contributed by atoms with Gasteiger partial charge in [0.1, 0.15) is 0 Å². The van der Waals surface area contributed by atoms with Crippen LogP contribution in [0.25, 0.3) is 0 Å². The molecule has 1 fully saturated rings. The van der Waals surface area contributed by atoms with E-state index in [9.17, 15) is 5.11 Å². The Hall–Kier alpha value is -0.860. The summed E-state index contributed by atoms with van der Waals surface area (Å²) in [5.41, 5.74) is 8.10. The maximum absolute atomic E-state index is 10.6. The SMILES string of the molecule is CC(C)(CN)c1cccc(C(O)C2CCCCC2)c1. The number of aliphatic hydroxyl groups excluding tert-OH is 1. The molecule has 1 saturated carbocycles. The first-order valence-corrected chi connectivity index (χ1v) is 7.53. The van der Waals surface area contributed by atoms with Crippen molar-refractivity contribution in [1.82, 2.24) is 0 Å². The van der Waals surface area contributed by atoms with Crippen LogP contribution < -0.4 is 5.73 Å². The van der Waals surface area contributed by atoms with Crippen LogP contribution in [0.5, 0.6) is 0 Å². The van der Waals surface area contributed by atoms with E-state index in [1.165, 1.54) is 24.8 Å². The van der Waals surface area contributed by atoms with E-state index in [4.69, 9.17) is 5.73 Å². The Balaban J connectivity index is 2.18. The van der Waals surface area contributed by atoms with Crippen molar-refractivity contribution >= 4 is 0 Å². The Kier molecular flexibility index (Phi) is 4.64. The van der Waals surface area contributed by atoms with Crippen molar-refractivity contribution in [2.24, 2.45) is 11.7 Å². The molecule has 19 heavy (non-hydrogen) atoms. The van der Waals surface area contributed by atoms with Crippen LogP contribution in [0.2, 0.25) is 0 Å². The first-order chi connectivity index (χ1) is 9.04. The highest BCUT2D eigenvalue weighted by molar-refractivity contribution is 5.31. The lowest BCUT2D eigenvalue weighted by atomic mass is 9.80. The highest BCUT2D eigenvalue weighted by Crippen LogP contribution is 2.35. The van der Waals surface area contributed by atoms with Gasteiger partial charge in [-0.05, 0) is 29.9 Å². The second-order valence-corrected chi connectivity index (χ2v) is 6.56. The van der Waals surface area contributed by atoms with Gasteiger partial charge in [0.15, 0.2) is 0 Å². The minimum Gasteiger partial charge on any atom is -0.388 e. The fourth-order valence-electron chi connectivity index (χ4n) is 2.98. The van der Waals surface area contributed by atoms with Gasteiger partial charge in [0.2, 0.25) is 0 Å². The zero-order chi connectivity index (χ0) is 13.9. The number of nitrogens with two attached hydrogens (primary N) is 1. The average molecular weight is 261 g/mol. The summed E-state index contributed by atoms with van der Waals surface area (Å²) in [7, 11) is 0. The summed E-state index contributed by atoms with van der Waals surface area (Å²) >= 11 is 0. The number of benzene rings is 1. The van der Waals surface area contributed by atoms with E-state index in [2.05, 4.69) is 32.0 Å². The minimum atomic E-state index is -0.311. The molecule has 1 aromatic carbocycles. The summed E-state index contributed by atoms with van der Waals surface area (Å²) in [6, 6.07) is 8.36. The smallest absolute Gasteiger partial charge is 0.0818 e. The largest absolute Gasteiger partial charge is 0.388 e. The van der Waals surface area contributed by atoms with Gasteiger partial charge in [-0.1, -0.05) is 57.4 Å². The van der Waals surface area contributed by atoms with E-state index in [0.717, 1.165) is 18.4 Å². The average Bonchev–Trinajstić information content (AvgIpc) is 2.47. The van der Waals surface area contributed by atoms with Crippen molar-refractivity contribution in [3.05, 3.63) is 35.4 Å². The third-order valence-electron chi connectivity index (χ3n) is 4.62. The molecule has 0 spiro atoms. The van der Waals surface area contributed by atoms with Gasteiger partial charge in [-0.2, -0.15) is 0 Å². The summed E-state index contributed by atoms with van der Waals surface area (Å²) in [6.07, 6.45) is 5.85. The van der Waals surface area contributed by atoms with Crippen LogP contribution in [0.1, 0.15) is 63.2 Å². The zero-order valence-corrected chi connectivity index (χ0v) is 12.2. The predicted octanol–water partition coefficient (Wildman–Crippen LogP) is 3.54. The van der Waals surface area contributed by atoms with E-state index in [-0.39, 0.29) is 11.5 Å². The van der Waals surface area contributed by atoms with Crippen molar-refractivity contribution in [2.75, 3.05) is 6.54 Å². The van der Waals surface area contributed by atoms with Gasteiger partial charge in [-0.3, -0.25) is 0 Å². The molecule has 0 amide bonds. The van der Waals surface area contributed by atoms with Gasteiger partial charge >= 0.3 is 0 Å². The summed E-state index contributed by atoms with van der Waals surface area (Å²) < 4.78 is 0. The van der Waals surface area contributed by atoms with Gasteiger partial charge in [0, 0.05) is 12.0 Å². The number of hydrogen-bond acceptors (Lipinski definition) is 2. The molecular formula is C17H27NO. The lowest BCUT2D eigenvalue weighted by Gasteiger charge is -2.29. The first-order valence-electron chi connectivity index (χ1n) is 7.53. The van der Waals surface area contributed by atoms with Crippen molar-refractivity contribution in [1.29, 1.82) is 0 Å². The van der Waals surface area contributed by atoms with Crippen LogP contribution in [0.3, 0.4) is 0 Å². The highest BCUT2D eigenvalue weighted by Gasteiger charge is 2.25. The highest BCUT2D eigenvalue weighted by atomic mass is 16.3. The number of rotatable bonds is 4. The molecular weight excluding hydrogens is 234 g/mol. The molecule has 0 bridgehead atoms. The van der Waals surface area contributed by atoms with E-state index in [1.54, 1.807) is 0 Å². The molecule has 1 unspecified atom stereocenters. The molecule has 1 aliphatic rings. The number of aliphatic hydroxyl groups is 1. The summed E-state index contributed by atoms with van der Waals surface area (Å²) in [5.74, 6) is 0.435. The summed E-state index contributed by atoms with van der Waals surface area (Å²) in [6.45, 7) is 4.92. The van der Waals surface area contributed by atoms with Gasteiger partial charge in [0.25, 0.3) is 0 Å². The fourth-order valence-corrected chi connectivity index (χ4v) is 2.98. The summed E-state index contributed by atoms with van der Waals surface area (Å²) in [5, 5.41) is 10.6. The van der Waals surface area contributed by atoms with Gasteiger partial charge in [-0.25, -0.2) is 0 Å². The molecule has 1 aliphatic carbocycles. The molecule has 1 aromatic rings. The van der Waals surface area contributed by atoms with E-state index < -0.39 is 0 Å². The predicted molar refractivity (Wildman–Crippen MR) is 80.1 cm³/mol. The molecule has 2 rings (SSSR count). The topological polar surface area (TPSA) is 46.2 Å². The van der Waals surface area contributed by atoms with Crippen LogP contribution in [0.15, 0.2) is 24.3 Å².